The summed E-state index contributed by atoms with van der Waals surface area (Å²) in [5, 5.41) is 9.09. The number of aromatic nitrogens is 4. The van der Waals surface area contributed by atoms with Gasteiger partial charge in [0.25, 0.3) is 16.7 Å². The molecule has 2 atom stereocenters. The van der Waals surface area contributed by atoms with Gasteiger partial charge in [-0.1, -0.05) is 18.7 Å². The van der Waals surface area contributed by atoms with Gasteiger partial charge in [-0.05, 0) is 49.8 Å². The van der Waals surface area contributed by atoms with E-state index in [9.17, 15) is 4.79 Å². The van der Waals surface area contributed by atoms with Gasteiger partial charge in [0.2, 0.25) is 0 Å². The lowest BCUT2D eigenvalue weighted by atomic mass is 9.89. The Hall–Kier alpha value is -2.39. The van der Waals surface area contributed by atoms with Crippen LogP contribution in [-0.4, -0.2) is 20.2 Å². The summed E-state index contributed by atoms with van der Waals surface area (Å²) in [7, 11) is 0. The molecule has 0 saturated heterocycles. The Kier molecular flexibility index (Phi) is 4.36. The molecular formula is C19H18N4O3S2. The van der Waals surface area contributed by atoms with Gasteiger partial charge in [0.05, 0.1) is 16.9 Å². The van der Waals surface area contributed by atoms with Crippen molar-refractivity contribution in [1.82, 2.24) is 20.2 Å². The predicted molar refractivity (Wildman–Crippen MR) is 108 cm³/mol. The minimum absolute atomic E-state index is 0.0543. The Balaban J connectivity index is 1.43. The summed E-state index contributed by atoms with van der Waals surface area (Å²) < 4.78 is 10.9. The number of rotatable bonds is 4. The van der Waals surface area contributed by atoms with Gasteiger partial charge in [0, 0.05) is 4.88 Å². The number of H-pyrrole nitrogens is 1. The number of hydrogen-bond donors (Lipinski definition) is 1. The fourth-order valence-electron chi connectivity index (χ4n) is 3.52. The summed E-state index contributed by atoms with van der Waals surface area (Å²) in [6.07, 6.45) is 4.68. The summed E-state index contributed by atoms with van der Waals surface area (Å²) in [6.45, 7) is 4.22. The second-order valence-corrected chi connectivity index (χ2v) is 9.47. The van der Waals surface area contributed by atoms with Crippen LogP contribution in [0.1, 0.15) is 41.8 Å². The fraction of sp³-hybridized carbons (Fsp3) is 0.368. The zero-order valence-corrected chi connectivity index (χ0v) is 17.0. The van der Waals surface area contributed by atoms with Crippen molar-refractivity contribution in [3.05, 3.63) is 45.0 Å². The maximum atomic E-state index is 12.8. The zero-order chi connectivity index (χ0) is 19.3. The van der Waals surface area contributed by atoms with E-state index in [1.54, 1.807) is 29.7 Å². The van der Waals surface area contributed by atoms with Crippen molar-refractivity contribution in [2.24, 2.45) is 5.92 Å². The van der Waals surface area contributed by atoms with E-state index in [1.165, 1.54) is 22.2 Å². The highest BCUT2D eigenvalue weighted by Crippen LogP contribution is 2.38. The van der Waals surface area contributed by atoms with Gasteiger partial charge in [-0.15, -0.1) is 21.5 Å². The van der Waals surface area contributed by atoms with E-state index in [1.807, 2.05) is 6.92 Å². The lowest BCUT2D eigenvalue weighted by Crippen LogP contribution is -2.15. The van der Waals surface area contributed by atoms with Gasteiger partial charge in [0.15, 0.2) is 5.76 Å². The lowest BCUT2D eigenvalue weighted by molar-refractivity contribution is 0.446. The van der Waals surface area contributed by atoms with Crippen molar-refractivity contribution in [1.29, 1.82) is 0 Å². The molecule has 1 N–H and O–H groups in total. The Morgan fingerprint density at radius 2 is 2.29 bits per heavy atom. The van der Waals surface area contributed by atoms with Crippen LogP contribution in [-0.2, 0) is 12.8 Å². The average Bonchev–Trinajstić information content (AvgIpc) is 3.40. The average molecular weight is 415 g/mol. The second-order valence-electron chi connectivity index (χ2n) is 7.09. The summed E-state index contributed by atoms with van der Waals surface area (Å²) >= 11 is 3.01. The highest BCUT2D eigenvalue weighted by molar-refractivity contribution is 7.99. The topological polar surface area (TPSA) is 97.8 Å². The molecule has 0 saturated carbocycles. The molecule has 5 rings (SSSR count). The fourth-order valence-corrected chi connectivity index (χ4v) is 5.65. The molecule has 0 spiro atoms. The van der Waals surface area contributed by atoms with E-state index in [4.69, 9.17) is 13.8 Å². The molecule has 4 aromatic heterocycles. The largest absolute Gasteiger partial charge is 0.459 e. The Bertz CT molecular complexity index is 1190. The molecule has 0 amide bonds. The summed E-state index contributed by atoms with van der Waals surface area (Å²) in [6, 6.07) is 3.53. The van der Waals surface area contributed by atoms with Gasteiger partial charge < -0.3 is 13.8 Å². The quantitative estimate of drug-likeness (QED) is 0.487. The maximum Gasteiger partial charge on any atom is 0.284 e. The van der Waals surface area contributed by atoms with Crippen molar-refractivity contribution in [3.8, 4) is 11.7 Å². The molecular weight excluding hydrogens is 396 g/mol. The Morgan fingerprint density at radius 1 is 1.39 bits per heavy atom. The molecule has 0 aliphatic heterocycles. The zero-order valence-electron chi connectivity index (χ0n) is 15.4. The van der Waals surface area contributed by atoms with Crippen LogP contribution in [0.4, 0.5) is 0 Å². The predicted octanol–water partition coefficient (Wildman–Crippen LogP) is 4.61. The molecule has 4 heterocycles. The molecule has 0 aromatic carbocycles. The second kappa shape index (κ2) is 6.89. The summed E-state index contributed by atoms with van der Waals surface area (Å²) in [4.78, 5) is 22.6. The molecule has 1 aliphatic carbocycles. The van der Waals surface area contributed by atoms with Gasteiger partial charge in [-0.2, -0.15) is 0 Å². The number of thioether (sulfide) groups is 1. The Labute approximate surface area is 168 Å². The van der Waals surface area contributed by atoms with Gasteiger partial charge in [0.1, 0.15) is 10.7 Å². The van der Waals surface area contributed by atoms with Crippen LogP contribution in [0.5, 0.6) is 0 Å². The molecule has 144 valence electrons. The molecule has 1 aliphatic rings. The number of nitrogens with one attached hydrogen (secondary N) is 1. The summed E-state index contributed by atoms with van der Waals surface area (Å²) in [5.41, 5.74) is 1.14. The maximum absolute atomic E-state index is 12.8. The van der Waals surface area contributed by atoms with E-state index >= 15 is 0 Å². The minimum Gasteiger partial charge on any atom is -0.459 e. The van der Waals surface area contributed by atoms with Crippen molar-refractivity contribution in [3.63, 3.8) is 0 Å². The third-order valence-corrected chi connectivity index (χ3v) is 7.08. The lowest BCUT2D eigenvalue weighted by Gasteiger charge is -2.17. The molecule has 0 unspecified atom stereocenters. The third-order valence-electron chi connectivity index (χ3n) is 4.98. The van der Waals surface area contributed by atoms with E-state index in [2.05, 4.69) is 22.1 Å². The van der Waals surface area contributed by atoms with Crippen molar-refractivity contribution in [2.75, 3.05) is 0 Å². The first-order valence-corrected chi connectivity index (χ1v) is 10.9. The van der Waals surface area contributed by atoms with Crippen LogP contribution < -0.4 is 5.56 Å². The molecule has 7 nitrogen and oxygen atoms in total. The van der Waals surface area contributed by atoms with E-state index in [0.29, 0.717) is 28.6 Å². The van der Waals surface area contributed by atoms with Gasteiger partial charge in [-0.3, -0.25) is 4.79 Å². The monoisotopic (exact) mass is 414 g/mol. The number of hydrogen-bond acceptors (Lipinski definition) is 8. The highest BCUT2D eigenvalue weighted by Gasteiger charge is 2.24. The molecule has 0 radical (unpaired) electrons. The van der Waals surface area contributed by atoms with Crippen molar-refractivity contribution >= 4 is 33.3 Å². The number of thiophene rings is 1. The first-order valence-electron chi connectivity index (χ1n) is 9.17. The first-order chi connectivity index (χ1) is 13.6. The van der Waals surface area contributed by atoms with Crippen molar-refractivity contribution in [2.45, 2.75) is 43.6 Å². The number of furan rings is 1. The number of aryl methyl sites for hydroxylation is 1. The molecule has 0 bridgehead atoms. The van der Waals surface area contributed by atoms with Crippen LogP contribution in [0.25, 0.3) is 21.9 Å². The number of aromatic amines is 1. The van der Waals surface area contributed by atoms with Gasteiger partial charge in [-0.25, -0.2) is 4.98 Å². The van der Waals surface area contributed by atoms with E-state index in [-0.39, 0.29) is 10.8 Å². The SMILES string of the molecule is C[C@@H]1CCc2c(sc3nc([C@H](C)Sc4nnc(-c5ccco5)o4)[nH]c(=O)c23)C1. The molecule has 28 heavy (non-hydrogen) atoms. The van der Waals surface area contributed by atoms with Crippen LogP contribution >= 0.6 is 23.1 Å². The third kappa shape index (κ3) is 3.08. The first kappa shape index (κ1) is 17.7. The van der Waals surface area contributed by atoms with Crippen LogP contribution in [0.3, 0.4) is 0 Å². The normalized spacial score (nSPS) is 17.7. The number of fused-ring (bicyclic) bond motifs is 3. The minimum atomic E-state index is -0.139. The Morgan fingerprint density at radius 3 is 3.11 bits per heavy atom. The molecule has 4 aromatic rings. The smallest absolute Gasteiger partial charge is 0.284 e. The highest BCUT2D eigenvalue weighted by atomic mass is 32.2. The summed E-state index contributed by atoms with van der Waals surface area (Å²) in [5.74, 6) is 2.14. The number of nitrogens with zero attached hydrogens (tertiary/aromatic N) is 3. The molecule has 0 fully saturated rings. The molecule has 9 heteroatoms. The van der Waals surface area contributed by atoms with Gasteiger partial charge >= 0.3 is 0 Å². The van der Waals surface area contributed by atoms with Crippen LogP contribution in [0.15, 0.2) is 37.2 Å². The van der Waals surface area contributed by atoms with Crippen molar-refractivity contribution < 1.29 is 8.83 Å². The van der Waals surface area contributed by atoms with Crippen LogP contribution in [0.2, 0.25) is 0 Å². The standard InChI is InChI=1S/C19H18N4O3S2/c1-9-5-6-11-13(8-9)28-18-14(11)16(24)20-15(21-18)10(2)27-19-23-22-17(26-19)12-4-3-7-25-12/h3-4,7,9-10H,5-6,8H2,1-2H3,(H,20,21,24)/t9-,10+/m1/s1. The van der Waals surface area contributed by atoms with Crippen LogP contribution in [0, 0.1) is 5.92 Å². The van der Waals surface area contributed by atoms with E-state index < -0.39 is 0 Å². The van der Waals surface area contributed by atoms with E-state index in [0.717, 1.165) is 29.5 Å².